The van der Waals surface area contributed by atoms with Crippen LogP contribution in [0.2, 0.25) is 0 Å². The van der Waals surface area contributed by atoms with Gasteiger partial charge in [-0.1, -0.05) is 12.1 Å². The molecule has 1 amide bonds. The predicted molar refractivity (Wildman–Crippen MR) is 140 cm³/mol. The molecule has 0 saturated heterocycles. The molecule has 198 valence electrons. The number of carbonyl (C=O) groups is 1. The first kappa shape index (κ1) is 25.8. The van der Waals surface area contributed by atoms with Crippen molar-refractivity contribution in [3.63, 3.8) is 0 Å². The van der Waals surface area contributed by atoms with Gasteiger partial charge in [0.2, 0.25) is 0 Å². The Bertz CT molecular complexity index is 1460. The first-order valence-electron chi connectivity index (χ1n) is 12.7. The molecule has 1 aliphatic carbocycles. The summed E-state index contributed by atoms with van der Waals surface area (Å²) >= 11 is 0. The molecule has 1 aliphatic rings. The van der Waals surface area contributed by atoms with Crippen LogP contribution >= 0.6 is 0 Å². The number of aromatic hydroxyl groups is 1. The summed E-state index contributed by atoms with van der Waals surface area (Å²) in [4.78, 5) is 16.6. The molecule has 0 atom stereocenters. The number of pyridine rings is 1. The fourth-order valence-corrected chi connectivity index (χ4v) is 4.98. The summed E-state index contributed by atoms with van der Waals surface area (Å²) in [6.07, 6.45) is 9.10. The van der Waals surface area contributed by atoms with Gasteiger partial charge in [-0.05, 0) is 75.3 Å². The lowest BCUT2D eigenvalue weighted by Crippen LogP contribution is -2.31. The monoisotopic (exact) mass is 520 g/mol. The van der Waals surface area contributed by atoms with E-state index in [0.29, 0.717) is 6.54 Å². The Morgan fingerprint density at radius 2 is 1.76 bits per heavy atom. The van der Waals surface area contributed by atoms with Gasteiger partial charge in [-0.3, -0.25) is 14.5 Å². The number of phenolic OH excluding ortho intramolecular Hbond substituents is 1. The third-order valence-electron chi connectivity index (χ3n) is 7.32. The maximum Gasteiger partial charge on any atom is 0.251 e. The highest BCUT2D eigenvalue weighted by molar-refractivity contribution is 5.94. The highest BCUT2D eigenvalue weighted by Gasteiger charge is 2.24. The molecule has 4 aromatic rings. The van der Waals surface area contributed by atoms with E-state index in [4.69, 9.17) is 5.10 Å². The molecule has 1 saturated carbocycles. The van der Waals surface area contributed by atoms with Crippen molar-refractivity contribution >= 4 is 16.8 Å². The van der Waals surface area contributed by atoms with Crippen molar-refractivity contribution < 1.29 is 23.8 Å². The second-order valence-corrected chi connectivity index (χ2v) is 10.6. The summed E-state index contributed by atoms with van der Waals surface area (Å²) in [6.45, 7) is 3.89. The summed E-state index contributed by atoms with van der Waals surface area (Å²) in [7, 11) is 0. The van der Waals surface area contributed by atoms with Gasteiger partial charge in [0, 0.05) is 47.2 Å². The van der Waals surface area contributed by atoms with Crippen molar-refractivity contribution in [2.24, 2.45) is 5.92 Å². The lowest BCUT2D eigenvalue weighted by Gasteiger charge is -2.28. The minimum atomic E-state index is -1.16. The Labute approximate surface area is 219 Å². The molecule has 0 bridgehead atoms. The van der Waals surface area contributed by atoms with Gasteiger partial charge in [0.1, 0.15) is 0 Å². The van der Waals surface area contributed by atoms with Crippen molar-refractivity contribution in [3.8, 4) is 16.9 Å². The molecule has 1 fully saturated rings. The molecule has 2 aromatic heterocycles. The second kappa shape index (κ2) is 10.1. The zero-order valence-electron chi connectivity index (χ0n) is 21.3. The number of benzene rings is 2. The lowest BCUT2D eigenvalue weighted by molar-refractivity contribution is 0.0782. The van der Waals surface area contributed by atoms with Crippen LogP contribution in [0.25, 0.3) is 22.0 Å². The third-order valence-corrected chi connectivity index (χ3v) is 7.32. The fourth-order valence-electron chi connectivity index (χ4n) is 4.98. The van der Waals surface area contributed by atoms with E-state index in [0.717, 1.165) is 65.4 Å². The first-order valence-corrected chi connectivity index (χ1v) is 12.7. The molecule has 2 heterocycles. The number of aromatic nitrogens is 3. The molecule has 0 radical (unpaired) electrons. The van der Waals surface area contributed by atoms with E-state index in [-0.39, 0.29) is 17.5 Å². The molecule has 7 nitrogen and oxygen atoms in total. The van der Waals surface area contributed by atoms with Crippen molar-refractivity contribution in [2.75, 3.05) is 6.54 Å². The van der Waals surface area contributed by atoms with Crippen LogP contribution in [0, 0.1) is 17.6 Å². The zero-order valence-corrected chi connectivity index (χ0v) is 21.3. The summed E-state index contributed by atoms with van der Waals surface area (Å²) in [5, 5.41) is 28.2. The summed E-state index contributed by atoms with van der Waals surface area (Å²) in [6, 6.07) is 9.97. The van der Waals surface area contributed by atoms with E-state index in [9.17, 15) is 23.8 Å². The number of halogens is 2. The maximum absolute atomic E-state index is 13.6. The number of hydrogen-bond acceptors (Lipinski definition) is 5. The van der Waals surface area contributed by atoms with Gasteiger partial charge in [-0.15, -0.1) is 0 Å². The number of phenols is 1. The molecule has 3 N–H and O–H groups in total. The molecular weight excluding hydrogens is 490 g/mol. The Kier molecular flexibility index (Phi) is 6.88. The standard InChI is InChI=1S/C29H30F2N4O3/c1-29(2,38)22-9-21(14-32-15-22)18-5-6-19-16-35(34-26(19)12-18)23-7-3-17(4-8-23)13-33-28(37)20-10-24(30)27(36)25(31)11-20/h5-6,9-12,14-17,23,36,38H,3-4,7-8,13H2,1-2H3,(H,33,37). The fraction of sp³-hybridized carbons (Fsp3) is 0.345. The van der Waals surface area contributed by atoms with Crippen molar-refractivity contribution in [1.82, 2.24) is 20.1 Å². The van der Waals surface area contributed by atoms with Crippen molar-refractivity contribution in [1.29, 1.82) is 0 Å². The minimum absolute atomic E-state index is 0.156. The van der Waals surface area contributed by atoms with Crippen LogP contribution in [0.15, 0.2) is 55.0 Å². The predicted octanol–water partition coefficient (Wildman–Crippen LogP) is 5.47. The molecule has 5 rings (SSSR count). The van der Waals surface area contributed by atoms with Crippen molar-refractivity contribution in [3.05, 3.63) is 77.8 Å². The zero-order chi connectivity index (χ0) is 27.0. The number of aliphatic hydroxyl groups is 1. The number of carbonyl (C=O) groups excluding carboxylic acids is 1. The number of nitrogens with one attached hydrogen (secondary N) is 1. The maximum atomic E-state index is 13.6. The average Bonchev–Trinajstić information content (AvgIpc) is 3.33. The third kappa shape index (κ3) is 5.38. The second-order valence-electron chi connectivity index (χ2n) is 10.6. The summed E-state index contributed by atoms with van der Waals surface area (Å²) in [5.41, 5.74) is 2.40. The van der Waals surface area contributed by atoms with E-state index in [1.807, 2.05) is 28.9 Å². The van der Waals surface area contributed by atoms with Crippen LogP contribution in [0.4, 0.5) is 8.78 Å². The number of nitrogens with zero attached hydrogens (tertiary/aromatic N) is 3. The van der Waals surface area contributed by atoms with Gasteiger partial charge < -0.3 is 15.5 Å². The molecule has 9 heteroatoms. The molecular formula is C29H30F2N4O3. The Hall–Kier alpha value is -3.85. The normalized spacial score (nSPS) is 18.0. The van der Waals surface area contributed by atoms with Crippen molar-refractivity contribution in [2.45, 2.75) is 51.2 Å². The van der Waals surface area contributed by atoms with Gasteiger partial charge >= 0.3 is 0 Å². The SMILES string of the molecule is CC(C)(O)c1cncc(-c2ccc3cn(C4CCC(CNC(=O)c5cc(F)c(O)c(F)c5)CC4)nc3c2)c1. The number of fused-ring (bicyclic) bond motifs is 1. The van der Waals surface area contributed by atoms with Gasteiger partial charge in [0.25, 0.3) is 5.91 Å². The van der Waals surface area contributed by atoms with Crippen LogP contribution in [0.3, 0.4) is 0 Å². The highest BCUT2D eigenvalue weighted by atomic mass is 19.1. The molecule has 38 heavy (non-hydrogen) atoms. The molecule has 0 aliphatic heterocycles. The average molecular weight is 521 g/mol. The molecule has 2 aromatic carbocycles. The largest absolute Gasteiger partial charge is 0.503 e. The van der Waals surface area contributed by atoms with E-state index >= 15 is 0 Å². The number of amides is 1. The first-order chi connectivity index (χ1) is 18.1. The summed E-state index contributed by atoms with van der Waals surface area (Å²) < 4.78 is 29.1. The van der Waals surface area contributed by atoms with Crippen LogP contribution in [0.1, 0.15) is 61.5 Å². The van der Waals surface area contributed by atoms with Crippen LogP contribution < -0.4 is 5.32 Å². The van der Waals surface area contributed by atoms with Gasteiger partial charge in [-0.25, -0.2) is 8.78 Å². The topological polar surface area (TPSA) is 100 Å². The van der Waals surface area contributed by atoms with Gasteiger partial charge in [0.15, 0.2) is 17.4 Å². The molecule has 0 unspecified atom stereocenters. The van der Waals surface area contributed by atoms with Gasteiger partial charge in [-0.2, -0.15) is 5.10 Å². The Balaban J connectivity index is 1.21. The van der Waals surface area contributed by atoms with E-state index in [1.54, 1.807) is 26.2 Å². The Morgan fingerprint density at radius 1 is 1.05 bits per heavy atom. The van der Waals surface area contributed by atoms with E-state index in [2.05, 4.69) is 16.5 Å². The highest BCUT2D eigenvalue weighted by Crippen LogP contribution is 2.33. The van der Waals surface area contributed by atoms with E-state index < -0.39 is 28.9 Å². The van der Waals surface area contributed by atoms with Crippen LogP contribution in [-0.4, -0.2) is 37.4 Å². The van der Waals surface area contributed by atoms with Crippen LogP contribution in [0.5, 0.6) is 5.75 Å². The number of rotatable bonds is 6. The quantitative estimate of drug-likeness (QED) is 0.313. The molecule has 0 spiro atoms. The minimum Gasteiger partial charge on any atom is -0.503 e. The van der Waals surface area contributed by atoms with E-state index in [1.165, 1.54) is 0 Å². The summed E-state index contributed by atoms with van der Waals surface area (Å²) in [5.74, 6) is -3.71. The number of hydrogen-bond donors (Lipinski definition) is 3. The lowest BCUT2D eigenvalue weighted by atomic mass is 9.86. The smallest absolute Gasteiger partial charge is 0.251 e. The van der Waals surface area contributed by atoms with Gasteiger partial charge in [0.05, 0.1) is 17.2 Å². The van der Waals surface area contributed by atoms with Crippen LogP contribution in [-0.2, 0) is 5.60 Å². The Morgan fingerprint density at radius 3 is 2.45 bits per heavy atom.